The summed E-state index contributed by atoms with van der Waals surface area (Å²) < 4.78 is 1.41. The van der Waals surface area contributed by atoms with Crippen molar-refractivity contribution in [1.29, 1.82) is 0 Å². The largest absolute Gasteiger partial charge is 0.341 e. The van der Waals surface area contributed by atoms with Crippen LogP contribution in [0.25, 0.3) is 20.7 Å². The molecular weight excluding hydrogens is 458 g/mol. The van der Waals surface area contributed by atoms with E-state index in [9.17, 15) is 14.4 Å². The van der Waals surface area contributed by atoms with E-state index in [2.05, 4.69) is 16.9 Å². The monoisotopic (exact) mass is 485 g/mol. The van der Waals surface area contributed by atoms with Crippen LogP contribution in [0.15, 0.2) is 34.0 Å². The molecule has 0 N–H and O–H groups in total. The Kier molecular flexibility index (Phi) is 6.31. The molecule has 2 aliphatic rings. The summed E-state index contributed by atoms with van der Waals surface area (Å²) in [6.45, 7) is 4.45. The van der Waals surface area contributed by atoms with E-state index in [4.69, 9.17) is 0 Å². The van der Waals surface area contributed by atoms with Crippen molar-refractivity contribution in [3.05, 3.63) is 39.6 Å². The van der Waals surface area contributed by atoms with Gasteiger partial charge in [0.05, 0.1) is 11.7 Å². The molecule has 8 nitrogen and oxygen atoms in total. The predicted molar refractivity (Wildman–Crippen MR) is 131 cm³/mol. The molecule has 2 fully saturated rings. The van der Waals surface area contributed by atoms with E-state index in [0.717, 1.165) is 36.6 Å². The number of piperazine rings is 1. The van der Waals surface area contributed by atoms with Gasteiger partial charge in [0.25, 0.3) is 5.56 Å². The van der Waals surface area contributed by atoms with E-state index in [1.54, 1.807) is 16.2 Å². The molecule has 0 bridgehead atoms. The van der Waals surface area contributed by atoms with Crippen LogP contribution in [0.1, 0.15) is 12.8 Å². The normalized spacial score (nSPS) is 18.2. The van der Waals surface area contributed by atoms with Crippen molar-refractivity contribution in [2.45, 2.75) is 19.4 Å². The van der Waals surface area contributed by atoms with Gasteiger partial charge in [-0.05, 0) is 31.3 Å². The molecule has 2 amide bonds. The van der Waals surface area contributed by atoms with Crippen LogP contribution in [0.4, 0.5) is 0 Å². The zero-order valence-corrected chi connectivity index (χ0v) is 20.2. The zero-order chi connectivity index (χ0) is 22.9. The van der Waals surface area contributed by atoms with Crippen molar-refractivity contribution in [3.63, 3.8) is 0 Å². The minimum atomic E-state index is -0.182. The van der Waals surface area contributed by atoms with E-state index in [0.29, 0.717) is 36.1 Å². The highest BCUT2D eigenvalue weighted by molar-refractivity contribution is 7.18. The first kappa shape index (κ1) is 22.2. The van der Waals surface area contributed by atoms with E-state index in [1.165, 1.54) is 22.2 Å². The Hall–Kier alpha value is -2.56. The Morgan fingerprint density at radius 1 is 1.06 bits per heavy atom. The number of piperidine rings is 1. The maximum atomic E-state index is 13.2. The van der Waals surface area contributed by atoms with Crippen LogP contribution in [0.2, 0.25) is 0 Å². The minimum Gasteiger partial charge on any atom is -0.341 e. The summed E-state index contributed by atoms with van der Waals surface area (Å²) in [5.74, 6) is 0.105. The summed E-state index contributed by atoms with van der Waals surface area (Å²) in [5.41, 5.74) is 0.700. The molecule has 0 aliphatic carbocycles. The summed E-state index contributed by atoms with van der Waals surface area (Å²) in [7, 11) is 2.08. The van der Waals surface area contributed by atoms with E-state index < -0.39 is 0 Å². The Labute approximate surface area is 200 Å². The van der Waals surface area contributed by atoms with Gasteiger partial charge in [-0.3, -0.25) is 19.0 Å². The van der Waals surface area contributed by atoms with Gasteiger partial charge in [0, 0.05) is 61.0 Å². The third-order valence-electron chi connectivity index (χ3n) is 6.66. The number of fused-ring (bicyclic) bond motifs is 1. The summed E-state index contributed by atoms with van der Waals surface area (Å²) in [6.07, 6.45) is 2.83. The first-order valence-corrected chi connectivity index (χ1v) is 13.0. The van der Waals surface area contributed by atoms with Crippen molar-refractivity contribution in [1.82, 2.24) is 24.3 Å². The summed E-state index contributed by atoms with van der Waals surface area (Å²) in [5, 5.41) is 4.52. The lowest BCUT2D eigenvalue weighted by atomic mass is 9.95. The van der Waals surface area contributed by atoms with Crippen LogP contribution < -0.4 is 5.56 Å². The second-order valence-electron chi connectivity index (χ2n) is 8.77. The topological polar surface area (TPSA) is 78.8 Å². The maximum absolute atomic E-state index is 13.2. The average molecular weight is 486 g/mol. The second kappa shape index (κ2) is 9.36. The summed E-state index contributed by atoms with van der Waals surface area (Å²) >= 11 is 3.03. The summed E-state index contributed by atoms with van der Waals surface area (Å²) in [4.78, 5) is 51.1. The lowest BCUT2D eigenvalue weighted by Gasteiger charge is -2.37. The molecule has 5 rings (SSSR count). The molecule has 0 spiro atoms. The molecular formula is C23H27N5O3S2. The van der Waals surface area contributed by atoms with Gasteiger partial charge in [-0.25, -0.2) is 4.98 Å². The highest BCUT2D eigenvalue weighted by Crippen LogP contribution is 2.33. The van der Waals surface area contributed by atoms with Gasteiger partial charge in [0.1, 0.15) is 11.4 Å². The van der Waals surface area contributed by atoms with Crippen molar-refractivity contribution < 1.29 is 9.59 Å². The standard InChI is InChI=1S/C23H27N5O3S2/c1-25-8-10-27(11-9-25)22(30)16-4-6-26(7-5-16)19(29)13-28-15-24-21-20(23(28)31)17(14-33-21)18-3-2-12-32-18/h2-3,12,14-16H,4-11,13H2,1H3. The molecule has 2 aliphatic heterocycles. The van der Waals surface area contributed by atoms with Crippen molar-refractivity contribution in [3.8, 4) is 10.4 Å². The lowest BCUT2D eigenvalue weighted by molar-refractivity contribution is -0.142. The molecule has 3 aromatic rings. The summed E-state index contributed by atoms with van der Waals surface area (Å²) in [6, 6.07) is 3.95. The van der Waals surface area contributed by atoms with Crippen LogP contribution >= 0.6 is 22.7 Å². The fraction of sp³-hybridized carbons (Fsp3) is 0.478. The predicted octanol–water partition coefficient (Wildman–Crippen LogP) is 2.20. The molecule has 3 aromatic heterocycles. The molecule has 33 heavy (non-hydrogen) atoms. The average Bonchev–Trinajstić information content (AvgIpc) is 3.51. The number of rotatable bonds is 4. The Morgan fingerprint density at radius 3 is 2.52 bits per heavy atom. The Bertz CT molecular complexity index is 1200. The van der Waals surface area contributed by atoms with Gasteiger partial charge in [-0.15, -0.1) is 22.7 Å². The number of amides is 2. The fourth-order valence-electron chi connectivity index (χ4n) is 4.60. The first-order valence-electron chi connectivity index (χ1n) is 11.3. The second-order valence-corrected chi connectivity index (χ2v) is 10.6. The third-order valence-corrected chi connectivity index (χ3v) is 8.45. The number of nitrogens with zero attached hydrogens (tertiary/aromatic N) is 5. The fourth-order valence-corrected chi connectivity index (χ4v) is 6.32. The number of likely N-dealkylation sites (tertiary alicyclic amines) is 1. The molecule has 10 heteroatoms. The number of hydrogen-bond donors (Lipinski definition) is 0. The smallest absolute Gasteiger partial charge is 0.263 e. The van der Waals surface area contributed by atoms with Gasteiger partial charge >= 0.3 is 0 Å². The molecule has 5 heterocycles. The highest BCUT2D eigenvalue weighted by Gasteiger charge is 2.31. The van der Waals surface area contributed by atoms with Crippen molar-refractivity contribution in [2.24, 2.45) is 5.92 Å². The molecule has 0 aromatic carbocycles. The maximum Gasteiger partial charge on any atom is 0.263 e. The van der Waals surface area contributed by atoms with Gasteiger partial charge in [-0.1, -0.05) is 6.07 Å². The molecule has 2 saturated heterocycles. The molecule has 174 valence electrons. The van der Waals surface area contributed by atoms with Gasteiger partial charge in [0.15, 0.2) is 0 Å². The van der Waals surface area contributed by atoms with Crippen LogP contribution in [-0.4, -0.2) is 82.4 Å². The number of carbonyl (C=O) groups is 2. The van der Waals surface area contributed by atoms with Crippen LogP contribution in [-0.2, 0) is 16.1 Å². The quantitative estimate of drug-likeness (QED) is 0.566. The lowest BCUT2D eigenvalue weighted by Crippen LogP contribution is -2.51. The Morgan fingerprint density at radius 2 is 1.82 bits per heavy atom. The van der Waals surface area contributed by atoms with E-state index in [-0.39, 0.29) is 29.8 Å². The minimum absolute atomic E-state index is 0.0163. The SMILES string of the molecule is CN1CCN(C(=O)C2CCN(C(=O)Cn3cnc4scc(-c5cccs5)c4c3=O)CC2)CC1. The van der Waals surface area contributed by atoms with Crippen molar-refractivity contribution >= 4 is 44.7 Å². The highest BCUT2D eigenvalue weighted by atomic mass is 32.1. The molecule has 0 radical (unpaired) electrons. The van der Waals surface area contributed by atoms with E-state index in [1.807, 2.05) is 27.8 Å². The van der Waals surface area contributed by atoms with Gasteiger partial charge < -0.3 is 14.7 Å². The number of likely N-dealkylation sites (N-methyl/N-ethyl adjacent to an activating group) is 1. The number of hydrogen-bond acceptors (Lipinski definition) is 7. The number of aromatic nitrogens is 2. The molecule has 0 unspecified atom stereocenters. The number of thiophene rings is 2. The molecule has 0 atom stereocenters. The first-order chi connectivity index (χ1) is 16.0. The van der Waals surface area contributed by atoms with Gasteiger partial charge in [0.2, 0.25) is 11.8 Å². The van der Waals surface area contributed by atoms with Crippen LogP contribution in [0.5, 0.6) is 0 Å². The van der Waals surface area contributed by atoms with Crippen molar-refractivity contribution in [2.75, 3.05) is 46.3 Å². The third kappa shape index (κ3) is 4.47. The van der Waals surface area contributed by atoms with E-state index >= 15 is 0 Å². The van der Waals surface area contributed by atoms with Gasteiger partial charge in [-0.2, -0.15) is 0 Å². The molecule has 0 saturated carbocycles. The Balaban J connectivity index is 1.24. The van der Waals surface area contributed by atoms with Crippen LogP contribution in [0, 0.1) is 5.92 Å². The van der Waals surface area contributed by atoms with Crippen LogP contribution in [0.3, 0.4) is 0 Å². The zero-order valence-electron chi connectivity index (χ0n) is 18.6. The number of carbonyl (C=O) groups excluding carboxylic acids is 2.